The number of benzene rings is 1. The zero-order valence-corrected chi connectivity index (χ0v) is 13.0. The average Bonchev–Trinajstić information content (AvgIpc) is 3.00. The van der Waals surface area contributed by atoms with Gasteiger partial charge in [0, 0.05) is 11.3 Å². The predicted octanol–water partition coefficient (Wildman–Crippen LogP) is 2.05. The van der Waals surface area contributed by atoms with E-state index >= 15 is 0 Å². The molecule has 1 saturated heterocycles. The molecule has 1 saturated carbocycles. The summed E-state index contributed by atoms with van der Waals surface area (Å²) in [5.41, 5.74) is 1.42. The van der Waals surface area contributed by atoms with Gasteiger partial charge in [0.2, 0.25) is 5.91 Å². The number of rotatable bonds is 3. The fraction of sp³-hybridized carbons (Fsp3) is 0.444. The minimum Gasteiger partial charge on any atom is -0.345 e. The van der Waals surface area contributed by atoms with Crippen molar-refractivity contribution in [3.8, 4) is 0 Å². The monoisotopic (exact) mass is 295 g/mol. The van der Waals surface area contributed by atoms with Gasteiger partial charge in [0.15, 0.2) is 0 Å². The summed E-state index contributed by atoms with van der Waals surface area (Å²) in [5.74, 6) is 1.46. The summed E-state index contributed by atoms with van der Waals surface area (Å²) in [5, 5.41) is 7.65. The van der Waals surface area contributed by atoms with Gasteiger partial charge < -0.3 is 10.6 Å². The third-order valence-corrected chi connectivity index (χ3v) is 5.07. The fourth-order valence-electron chi connectivity index (χ4n) is 3.68. The summed E-state index contributed by atoms with van der Waals surface area (Å²) in [6.07, 6.45) is 0. The van der Waals surface area contributed by atoms with Crippen LogP contribution in [0.5, 0.6) is 0 Å². The highest BCUT2D eigenvalue weighted by Gasteiger charge is 2.57. The quantitative estimate of drug-likeness (QED) is 0.911. The van der Waals surface area contributed by atoms with E-state index in [1.165, 1.54) is 0 Å². The lowest BCUT2D eigenvalue weighted by Crippen LogP contribution is -2.43. The molecule has 22 heavy (non-hydrogen) atoms. The Labute approximate surface area is 130 Å². The van der Waals surface area contributed by atoms with E-state index in [2.05, 4.69) is 22.8 Å². The summed E-state index contributed by atoms with van der Waals surface area (Å²) in [4.78, 5) is 17.2. The van der Waals surface area contributed by atoms with E-state index in [0.717, 1.165) is 29.7 Å². The van der Waals surface area contributed by atoms with Gasteiger partial charge in [0.25, 0.3) is 0 Å². The number of nitrogens with one attached hydrogen (secondary N) is 2. The second-order valence-corrected chi connectivity index (χ2v) is 7.02. The number of piperidine rings is 1. The molecule has 4 nitrogen and oxygen atoms in total. The second kappa shape index (κ2) is 4.78. The summed E-state index contributed by atoms with van der Waals surface area (Å²) >= 11 is 0. The van der Waals surface area contributed by atoms with Crippen LogP contribution >= 0.6 is 0 Å². The van der Waals surface area contributed by atoms with Crippen LogP contribution in [0.25, 0.3) is 10.9 Å². The first-order valence-corrected chi connectivity index (χ1v) is 7.95. The summed E-state index contributed by atoms with van der Waals surface area (Å²) in [6.45, 7) is 6.02. The van der Waals surface area contributed by atoms with E-state index in [-0.39, 0.29) is 11.8 Å². The van der Waals surface area contributed by atoms with E-state index in [0.29, 0.717) is 11.8 Å². The molecule has 2 N–H and O–H groups in total. The highest BCUT2D eigenvalue weighted by molar-refractivity contribution is 5.83. The predicted molar refractivity (Wildman–Crippen MR) is 86.3 cm³/mol. The molecule has 4 heteroatoms. The summed E-state index contributed by atoms with van der Waals surface area (Å²) in [7, 11) is 0. The van der Waals surface area contributed by atoms with Crippen molar-refractivity contribution in [2.45, 2.75) is 19.4 Å². The number of para-hydroxylation sites is 1. The fourth-order valence-corrected chi connectivity index (χ4v) is 3.68. The normalized spacial score (nSPS) is 26.7. The highest BCUT2D eigenvalue weighted by atomic mass is 16.2. The van der Waals surface area contributed by atoms with Crippen LogP contribution in [0, 0.1) is 17.8 Å². The Morgan fingerprint density at radius 3 is 2.68 bits per heavy atom. The Kier molecular flexibility index (Phi) is 2.98. The minimum atomic E-state index is -0.453. The molecule has 1 aliphatic carbocycles. The SMILES string of the molecule is CC(C)(NC(=O)C1C2CNCC21)c1ccc2ccccc2n1. The molecule has 4 rings (SSSR count). The van der Waals surface area contributed by atoms with Gasteiger partial charge in [-0.05, 0) is 50.9 Å². The molecular weight excluding hydrogens is 274 g/mol. The number of carbonyl (C=O) groups excluding carboxylic acids is 1. The van der Waals surface area contributed by atoms with Gasteiger partial charge in [-0.25, -0.2) is 0 Å². The maximum Gasteiger partial charge on any atom is 0.224 e. The molecule has 2 unspecified atom stereocenters. The molecule has 0 bridgehead atoms. The number of hydrogen-bond donors (Lipinski definition) is 2. The maximum absolute atomic E-state index is 12.5. The van der Waals surface area contributed by atoms with Gasteiger partial charge in [0.05, 0.1) is 16.7 Å². The molecule has 2 aromatic rings. The largest absolute Gasteiger partial charge is 0.345 e. The van der Waals surface area contributed by atoms with Crippen LogP contribution in [-0.4, -0.2) is 24.0 Å². The van der Waals surface area contributed by atoms with E-state index in [1.54, 1.807) is 0 Å². The maximum atomic E-state index is 12.5. The van der Waals surface area contributed by atoms with Crippen molar-refractivity contribution in [1.29, 1.82) is 0 Å². The number of carbonyl (C=O) groups is 1. The number of pyridine rings is 1. The molecule has 0 radical (unpaired) electrons. The smallest absolute Gasteiger partial charge is 0.224 e. The van der Waals surface area contributed by atoms with Crippen LogP contribution in [0.2, 0.25) is 0 Å². The number of hydrogen-bond acceptors (Lipinski definition) is 3. The van der Waals surface area contributed by atoms with Crippen molar-refractivity contribution in [3.63, 3.8) is 0 Å². The van der Waals surface area contributed by atoms with Crippen LogP contribution in [0.15, 0.2) is 36.4 Å². The average molecular weight is 295 g/mol. The van der Waals surface area contributed by atoms with Crippen LogP contribution in [0.3, 0.4) is 0 Å². The Balaban J connectivity index is 1.55. The molecule has 1 aromatic carbocycles. The third kappa shape index (κ3) is 2.18. The van der Waals surface area contributed by atoms with Gasteiger partial charge in [-0.15, -0.1) is 0 Å². The lowest BCUT2D eigenvalue weighted by atomic mass is 9.98. The number of aromatic nitrogens is 1. The molecule has 2 atom stereocenters. The first-order chi connectivity index (χ1) is 10.6. The van der Waals surface area contributed by atoms with Crippen LogP contribution in [0.1, 0.15) is 19.5 Å². The minimum absolute atomic E-state index is 0.177. The van der Waals surface area contributed by atoms with Gasteiger partial charge in [-0.3, -0.25) is 9.78 Å². The van der Waals surface area contributed by atoms with Gasteiger partial charge in [-0.1, -0.05) is 24.3 Å². The molecule has 2 fully saturated rings. The van der Waals surface area contributed by atoms with Crippen molar-refractivity contribution < 1.29 is 4.79 Å². The molecular formula is C18H21N3O. The standard InChI is InChI=1S/C18H21N3O/c1-18(2,21-17(22)16-12-9-19-10-13(12)16)15-8-7-11-5-3-4-6-14(11)20-15/h3-8,12-13,16,19H,9-10H2,1-2H3,(H,21,22). The molecule has 1 aliphatic heterocycles. The molecule has 0 spiro atoms. The Hall–Kier alpha value is -1.94. The molecule has 114 valence electrons. The Morgan fingerprint density at radius 2 is 1.91 bits per heavy atom. The van der Waals surface area contributed by atoms with Crippen LogP contribution < -0.4 is 10.6 Å². The second-order valence-electron chi connectivity index (χ2n) is 7.02. The van der Waals surface area contributed by atoms with Crippen molar-refractivity contribution in [3.05, 3.63) is 42.1 Å². The van der Waals surface area contributed by atoms with Crippen LogP contribution in [0.4, 0.5) is 0 Å². The van der Waals surface area contributed by atoms with Crippen molar-refractivity contribution in [2.24, 2.45) is 17.8 Å². The molecule has 2 heterocycles. The number of amides is 1. The van der Waals surface area contributed by atoms with E-state index in [1.807, 2.05) is 38.1 Å². The van der Waals surface area contributed by atoms with Crippen molar-refractivity contribution >= 4 is 16.8 Å². The zero-order valence-electron chi connectivity index (χ0n) is 13.0. The lowest BCUT2D eigenvalue weighted by Gasteiger charge is -2.26. The van der Waals surface area contributed by atoms with E-state index in [9.17, 15) is 4.79 Å². The summed E-state index contributed by atoms with van der Waals surface area (Å²) in [6, 6.07) is 12.1. The zero-order chi connectivity index (χ0) is 15.3. The van der Waals surface area contributed by atoms with Gasteiger partial charge in [0.1, 0.15) is 0 Å². The topological polar surface area (TPSA) is 54.0 Å². The molecule has 2 aliphatic rings. The Bertz CT molecular complexity index is 730. The van der Waals surface area contributed by atoms with Gasteiger partial charge in [-0.2, -0.15) is 0 Å². The van der Waals surface area contributed by atoms with Crippen molar-refractivity contribution in [2.75, 3.05) is 13.1 Å². The van der Waals surface area contributed by atoms with Crippen LogP contribution in [-0.2, 0) is 10.3 Å². The third-order valence-electron chi connectivity index (χ3n) is 5.07. The van der Waals surface area contributed by atoms with E-state index in [4.69, 9.17) is 4.98 Å². The first kappa shape index (κ1) is 13.7. The lowest BCUT2D eigenvalue weighted by molar-refractivity contribution is -0.124. The highest BCUT2D eigenvalue weighted by Crippen LogP contribution is 2.49. The number of nitrogens with zero attached hydrogens (tertiary/aromatic N) is 1. The first-order valence-electron chi connectivity index (χ1n) is 7.95. The van der Waals surface area contributed by atoms with Gasteiger partial charge >= 0.3 is 0 Å². The summed E-state index contributed by atoms with van der Waals surface area (Å²) < 4.78 is 0. The van der Waals surface area contributed by atoms with E-state index < -0.39 is 5.54 Å². The molecule has 1 aromatic heterocycles. The number of fused-ring (bicyclic) bond motifs is 2. The molecule has 1 amide bonds. The van der Waals surface area contributed by atoms with Crippen molar-refractivity contribution in [1.82, 2.24) is 15.6 Å². The Morgan fingerprint density at radius 1 is 1.18 bits per heavy atom.